The van der Waals surface area contributed by atoms with E-state index in [4.69, 9.17) is 5.26 Å². The number of hydrogen-bond donors (Lipinski definition) is 1. The molecule has 1 aromatic rings. The van der Waals surface area contributed by atoms with Crippen molar-refractivity contribution in [2.24, 2.45) is 0 Å². The van der Waals surface area contributed by atoms with Crippen molar-refractivity contribution < 1.29 is 0 Å². The molecule has 5 nitrogen and oxygen atoms in total. The minimum absolute atomic E-state index is 0.405. The van der Waals surface area contributed by atoms with E-state index in [-0.39, 0.29) is 0 Å². The Morgan fingerprint density at radius 1 is 1.23 bits per heavy atom. The van der Waals surface area contributed by atoms with Crippen molar-refractivity contribution in [3.8, 4) is 6.07 Å². The van der Waals surface area contributed by atoms with Gasteiger partial charge in [0.1, 0.15) is 6.07 Å². The molecule has 0 atom stereocenters. The van der Waals surface area contributed by atoms with E-state index in [1.54, 1.807) is 0 Å². The van der Waals surface area contributed by atoms with Gasteiger partial charge in [-0.05, 0) is 19.3 Å². The van der Waals surface area contributed by atoms with Gasteiger partial charge in [0.25, 0.3) is 0 Å². The van der Waals surface area contributed by atoms with Crippen molar-refractivity contribution in [2.45, 2.75) is 19.3 Å². The molecule has 0 unspecified atom stereocenters. The van der Waals surface area contributed by atoms with Gasteiger partial charge in [-0.15, -0.1) is 10.2 Å². The first-order valence-corrected chi connectivity index (χ1v) is 4.47. The highest BCUT2D eigenvalue weighted by molar-refractivity contribution is 5.48. The van der Waals surface area contributed by atoms with E-state index >= 15 is 0 Å². The fraction of sp³-hybridized carbons (Fsp3) is 0.625. The summed E-state index contributed by atoms with van der Waals surface area (Å²) in [6.45, 7) is 1.97. The Hall–Kier alpha value is -1.57. The lowest BCUT2D eigenvalue weighted by molar-refractivity contribution is 0.572. The summed E-state index contributed by atoms with van der Waals surface area (Å²) in [7, 11) is 0. The average Bonchev–Trinajstić information content (AvgIpc) is 2.67. The summed E-state index contributed by atoms with van der Waals surface area (Å²) in [5, 5.41) is 19.0. The smallest absolute Gasteiger partial charge is 0.206 e. The molecule has 1 aromatic heterocycles. The summed E-state index contributed by atoms with van der Waals surface area (Å²) >= 11 is 0. The van der Waals surface area contributed by atoms with Crippen molar-refractivity contribution in [2.75, 3.05) is 18.0 Å². The van der Waals surface area contributed by atoms with Crippen LogP contribution in [-0.2, 0) is 0 Å². The van der Waals surface area contributed by atoms with Crippen LogP contribution in [0.2, 0.25) is 0 Å². The molecule has 0 saturated carbocycles. The fourth-order valence-corrected chi connectivity index (χ4v) is 1.63. The van der Waals surface area contributed by atoms with E-state index < -0.39 is 0 Å². The van der Waals surface area contributed by atoms with Gasteiger partial charge < -0.3 is 4.90 Å². The maximum Gasteiger partial charge on any atom is 0.206 e. The lowest BCUT2D eigenvalue weighted by atomic mass is 10.1. The average molecular weight is 177 g/mol. The molecule has 0 aromatic carbocycles. The highest BCUT2D eigenvalue weighted by Crippen LogP contribution is 2.18. The van der Waals surface area contributed by atoms with Gasteiger partial charge in [0.15, 0.2) is 5.82 Å². The molecule has 0 spiro atoms. The summed E-state index contributed by atoms with van der Waals surface area (Å²) in [6, 6.07) is 2.03. The van der Waals surface area contributed by atoms with Crippen molar-refractivity contribution in [1.82, 2.24) is 15.4 Å². The molecule has 2 heterocycles. The number of rotatable bonds is 1. The number of nitriles is 1. The zero-order chi connectivity index (χ0) is 9.10. The van der Waals surface area contributed by atoms with Crippen LogP contribution >= 0.6 is 0 Å². The monoisotopic (exact) mass is 177 g/mol. The predicted octanol–water partition coefficient (Wildman–Crippen LogP) is 0.667. The number of aromatic nitrogens is 3. The van der Waals surface area contributed by atoms with E-state index in [1.165, 1.54) is 19.3 Å². The van der Waals surface area contributed by atoms with E-state index in [1.807, 2.05) is 6.07 Å². The molecule has 68 valence electrons. The van der Waals surface area contributed by atoms with E-state index in [9.17, 15) is 0 Å². The van der Waals surface area contributed by atoms with Crippen LogP contribution in [0.3, 0.4) is 0 Å². The van der Waals surface area contributed by atoms with Crippen molar-refractivity contribution in [1.29, 1.82) is 5.26 Å². The van der Waals surface area contributed by atoms with Crippen LogP contribution in [0, 0.1) is 11.3 Å². The largest absolute Gasteiger partial charge is 0.353 e. The lowest BCUT2D eigenvalue weighted by Crippen LogP contribution is -2.30. The number of H-pyrrole nitrogens is 1. The Balaban J connectivity index is 2.19. The molecule has 1 aliphatic heterocycles. The van der Waals surface area contributed by atoms with Gasteiger partial charge in [-0.3, -0.25) is 0 Å². The van der Waals surface area contributed by atoms with Gasteiger partial charge in [0.2, 0.25) is 5.69 Å². The maximum atomic E-state index is 8.74. The number of nitrogens with zero attached hydrogens (tertiary/aromatic N) is 4. The maximum absolute atomic E-state index is 8.74. The Morgan fingerprint density at radius 2 is 2.00 bits per heavy atom. The van der Waals surface area contributed by atoms with Crippen LogP contribution in [0.4, 0.5) is 5.82 Å². The fourth-order valence-electron chi connectivity index (χ4n) is 1.63. The third-order valence-corrected chi connectivity index (χ3v) is 2.29. The molecule has 1 saturated heterocycles. The lowest BCUT2D eigenvalue weighted by Gasteiger charge is -2.25. The molecule has 0 bridgehead atoms. The number of nitrogens with one attached hydrogen (secondary N) is 1. The van der Waals surface area contributed by atoms with Crippen LogP contribution < -0.4 is 4.90 Å². The van der Waals surface area contributed by atoms with Crippen LogP contribution in [0.25, 0.3) is 0 Å². The van der Waals surface area contributed by atoms with Crippen LogP contribution in [0.15, 0.2) is 0 Å². The summed E-state index contributed by atoms with van der Waals surface area (Å²) in [5.41, 5.74) is 0.405. The molecule has 5 heteroatoms. The van der Waals surface area contributed by atoms with Crippen LogP contribution in [0.5, 0.6) is 0 Å². The van der Waals surface area contributed by atoms with Gasteiger partial charge in [-0.2, -0.15) is 10.5 Å². The highest BCUT2D eigenvalue weighted by atomic mass is 15.4. The molecule has 0 radical (unpaired) electrons. The van der Waals surface area contributed by atoms with Crippen molar-refractivity contribution in [3.05, 3.63) is 5.69 Å². The van der Waals surface area contributed by atoms with Gasteiger partial charge >= 0.3 is 0 Å². The molecular formula is C8H11N5. The minimum atomic E-state index is 0.405. The van der Waals surface area contributed by atoms with Gasteiger partial charge in [0, 0.05) is 13.1 Å². The van der Waals surface area contributed by atoms with Crippen molar-refractivity contribution >= 4 is 5.82 Å². The molecule has 0 amide bonds. The Bertz CT molecular complexity index is 318. The van der Waals surface area contributed by atoms with Gasteiger partial charge in [-0.25, -0.2) is 0 Å². The number of hydrogen-bond acceptors (Lipinski definition) is 4. The molecule has 13 heavy (non-hydrogen) atoms. The second kappa shape index (κ2) is 3.44. The topological polar surface area (TPSA) is 68.6 Å². The quantitative estimate of drug-likeness (QED) is 0.684. The van der Waals surface area contributed by atoms with E-state index in [0.29, 0.717) is 11.5 Å². The highest BCUT2D eigenvalue weighted by Gasteiger charge is 2.17. The Labute approximate surface area is 76.4 Å². The molecule has 0 aliphatic carbocycles. The minimum Gasteiger partial charge on any atom is -0.353 e. The number of anilines is 1. The normalized spacial score (nSPS) is 17.0. The van der Waals surface area contributed by atoms with Crippen LogP contribution in [0.1, 0.15) is 25.0 Å². The molecule has 1 aliphatic rings. The molecule has 1 N–H and O–H groups in total. The summed E-state index contributed by atoms with van der Waals surface area (Å²) < 4.78 is 0. The zero-order valence-electron chi connectivity index (χ0n) is 7.32. The number of aromatic amines is 1. The van der Waals surface area contributed by atoms with E-state index in [2.05, 4.69) is 20.3 Å². The third kappa shape index (κ3) is 1.47. The van der Waals surface area contributed by atoms with Crippen LogP contribution in [-0.4, -0.2) is 28.5 Å². The molecule has 2 rings (SSSR count). The van der Waals surface area contributed by atoms with Gasteiger partial charge in [0.05, 0.1) is 0 Å². The second-order valence-electron chi connectivity index (χ2n) is 3.16. The second-order valence-corrected chi connectivity index (χ2v) is 3.16. The summed E-state index contributed by atoms with van der Waals surface area (Å²) in [4.78, 5) is 2.12. The first kappa shape index (κ1) is 8.05. The first-order chi connectivity index (χ1) is 6.42. The first-order valence-electron chi connectivity index (χ1n) is 4.47. The predicted molar refractivity (Wildman–Crippen MR) is 47.2 cm³/mol. The Morgan fingerprint density at radius 3 is 2.69 bits per heavy atom. The number of piperidine rings is 1. The zero-order valence-corrected chi connectivity index (χ0v) is 7.32. The third-order valence-electron chi connectivity index (χ3n) is 2.29. The van der Waals surface area contributed by atoms with E-state index in [0.717, 1.165) is 13.1 Å². The van der Waals surface area contributed by atoms with Crippen molar-refractivity contribution in [3.63, 3.8) is 0 Å². The summed E-state index contributed by atoms with van der Waals surface area (Å²) in [6.07, 6.45) is 3.63. The SMILES string of the molecule is N#Cc1n[nH]nc1N1CCCCC1. The Kier molecular flexibility index (Phi) is 2.13. The summed E-state index contributed by atoms with van der Waals surface area (Å²) in [5.74, 6) is 0.710. The van der Waals surface area contributed by atoms with Gasteiger partial charge in [-0.1, -0.05) is 0 Å². The standard InChI is InChI=1S/C8H11N5/c9-6-7-8(11-12-10-7)13-4-2-1-3-5-13/h1-5H2,(H,10,11,12). The molecular weight excluding hydrogens is 166 g/mol. The molecule has 1 fully saturated rings.